The summed E-state index contributed by atoms with van der Waals surface area (Å²) in [6.07, 6.45) is 4.48. The van der Waals surface area contributed by atoms with Gasteiger partial charge in [-0.15, -0.1) is 0 Å². The van der Waals surface area contributed by atoms with Gasteiger partial charge in [-0.05, 0) is 18.3 Å². The fourth-order valence-corrected chi connectivity index (χ4v) is 3.25. The summed E-state index contributed by atoms with van der Waals surface area (Å²) in [7, 11) is 1.83. The van der Waals surface area contributed by atoms with Gasteiger partial charge < -0.3 is 10.0 Å². The van der Waals surface area contributed by atoms with Gasteiger partial charge in [-0.3, -0.25) is 9.59 Å². The van der Waals surface area contributed by atoms with Gasteiger partial charge in [0.05, 0.1) is 11.8 Å². The molecule has 2 rings (SSSR count). The van der Waals surface area contributed by atoms with Gasteiger partial charge in [-0.1, -0.05) is 26.7 Å². The SMILES string of the molecule is CN(C(=O)[C@H]1[C@@H](C(=O)O)C1(C)C)C1CCCC1. The molecule has 2 atom stereocenters. The third-order valence-corrected chi connectivity index (χ3v) is 4.58. The van der Waals surface area contributed by atoms with E-state index in [1.807, 2.05) is 20.9 Å². The Morgan fingerprint density at radius 2 is 1.71 bits per heavy atom. The molecule has 0 saturated heterocycles. The van der Waals surface area contributed by atoms with E-state index in [2.05, 4.69) is 0 Å². The minimum Gasteiger partial charge on any atom is -0.481 e. The van der Waals surface area contributed by atoms with E-state index in [-0.39, 0.29) is 17.2 Å². The monoisotopic (exact) mass is 239 g/mol. The Labute approximate surface area is 102 Å². The summed E-state index contributed by atoms with van der Waals surface area (Å²) in [5, 5.41) is 9.08. The molecule has 1 N–H and O–H groups in total. The number of aliphatic carboxylic acids is 1. The van der Waals surface area contributed by atoms with Crippen molar-refractivity contribution in [3.05, 3.63) is 0 Å². The first kappa shape index (κ1) is 12.4. The van der Waals surface area contributed by atoms with E-state index >= 15 is 0 Å². The van der Waals surface area contributed by atoms with E-state index in [4.69, 9.17) is 5.11 Å². The summed E-state index contributed by atoms with van der Waals surface area (Å²) in [4.78, 5) is 25.1. The molecule has 2 aliphatic rings. The van der Waals surface area contributed by atoms with E-state index in [1.54, 1.807) is 4.90 Å². The molecule has 2 fully saturated rings. The fourth-order valence-electron chi connectivity index (χ4n) is 3.25. The van der Waals surface area contributed by atoms with Crippen molar-refractivity contribution in [3.8, 4) is 0 Å². The van der Waals surface area contributed by atoms with E-state index < -0.39 is 11.9 Å². The van der Waals surface area contributed by atoms with Crippen LogP contribution in [0, 0.1) is 17.3 Å². The molecule has 0 aromatic carbocycles. The average molecular weight is 239 g/mol. The van der Waals surface area contributed by atoms with Crippen LogP contribution in [0.4, 0.5) is 0 Å². The smallest absolute Gasteiger partial charge is 0.307 e. The van der Waals surface area contributed by atoms with Crippen LogP contribution in [0.5, 0.6) is 0 Å². The number of carboxylic acids is 1. The Balaban J connectivity index is 2.03. The zero-order valence-electron chi connectivity index (χ0n) is 10.8. The Bertz CT molecular complexity index is 345. The van der Waals surface area contributed by atoms with Gasteiger partial charge >= 0.3 is 5.97 Å². The lowest BCUT2D eigenvalue weighted by molar-refractivity contribution is -0.142. The first-order valence-electron chi connectivity index (χ1n) is 6.37. The molecular formula is C13H21NO3. The second-order valence-electron chi connectivity index (χ2n) is 6.00. The van der Waals surface area contributed by atoms with Crippen molar-refractivity contribution in [1.29, 1.82) is 0 Å². The van der Waals surface area contributed by atoms with Crippen molar-refractivity contribution < 1.29 is 14.7 Å². The maximum absolute atomic E-state index is 12.3. The maximum Gasteiger partial charge on any atom is 0.307 e. The van der Waals surface area contributed by atoms with Gasteiger partial charge in [0.15, 0.2) is 0 Å². The molecule has 0 aromatic heterocycles. The molecule has 0 unspecified atom stereocenters. The molecule has 2 aliphatic carbocycles. The third kappa shape index (κ3) is 1.94. The van der Waals surface area contributed by atoms with Crippen molar-refractivity contribution in [2.24, 2.45) is 17.3 Å². The highest BCUT2D eigenvalue weighted by Gasteiger charge is 2.66. The van der Waals surface area contributed by atoms with E-state index in [0.29, 0.717) is 6.04 Å². The summed E-state index contributed by atoms with van der Waals surface area (Å²) < 4.78 is 0. The van der Waals surface area contributed by atoms with Crippen LogP contribution in [0.2, 0.25) is 0 Å². The molecule has 0 radical (unpaired) electrons. The van der Waals surface area contributed by atoms with Crippen LogP contribution in [0.15, 0.2) is 0 Å². The Hall–Kier alpha value is -1.06. The zero-order chi connectivity index (χ0) is 12.8. The molecule has 4 nitrogen and oxygen atoms in total. The molecule has 1 amide bonds. The highest BCUT2D eigenvalue weighted by Crippen LogP contribution is 2.59. The molecule has 96 valence electrons. The third-order valence-electron chi connectivity index (χ3n) is 4.58. The first-order chi connectivity index (χ1) is 7.87. The second kappa shape index (κ2) is 4.00. The summed E-state index contributed by atoms with van der Waals surface area (Å²) in [5.74, 6) is -1.65. The molecule has 0 aliphatic heterocycles. The van der Waals surface area contributed by atoms with Crippen molar-refractivity contribution in [1.82, 2.24) is 4.90 Å². The van der Waals surface area contributed by atoms with Crippen molar-refractivity contribution in [2.75, 3.05) is 7.05 Å². The van der Waals surface area contributed by atoms with E-state index in [9.17, 15) is 9.59 Å². The average Bonchev–Trinajstić information content (AvgIpc) is 2.69. The van der Waals surface area contributed by atoms with Gasteiger partial charge in [-0.2, -0.15) is 0 Å². The standard InChI is InChI=1S/C13H21NO3/c1-13(2)9(10(13)12(16)17)11(15)14(3)8-6-4-5-7-8/h8-10H,4-7H2,1-3H3,(H,16,17)/t9-,10+/m1/s1. The number of hydrogen-bond acceptors (Lipinski definition) is 2. The normalized spacial score (nSPS) is 31.2. The van der Waals surface area contributed by atoms with Crippen molar-refractivity contribution >= 4 is 11.9 Å². The predicted octanol–water partition coefficient (Wildman–Crippen LogP) is 1.74. The largest absolute Gasteiger partial charge is 0.481 e. The minimum absolute atomic E-state index is 0.0225. The van der Waals surface area contributed by atoms with Crippen molar-refractivity contribution in [3.63, 3.8) is 0 Å². The number of rotatable bonds is 3. The van der Waals surface area contributed by atoms with Gasteiger partial charge in [0.2, 0.25) is 5.91 Å². The van der Waals surface area contributed by atoms with Crippen LogP contribution in [0.3, 0.4) is 0 Å². The Morgan fingerprint density at radius 1 is 1.18 bits per heavy atom. The number of carbonyl (C=O) groups excluding carboxylic acids is 1. The van der Waals surface area contributed by atoms with Gasteiger partial charge in [0.1, 0.15) is 0 Å². The van der Waals surface area contributed by atoms with Gasteiger partial charge in [0, 0.05) is 13.1 Å². The lowest BCUT2D eigenvalue weighted by atomic mass is 10.1. The van der Waals surface area contributed by atoms with Gasteiger partial charge in [-0.25, -0.2) is 0 Å². The number of carbonyl (C=O) groups is 2. The lowest BCUT2D eigenvalue weighted by Gasteiger charge is -2.25. The van der Waals surface area contributed by atoms with Crippen molar-refractivity contribution in [2.45, 2.75) is 45.6 Å². The number of carboxylic acid groups (broad SMARTS) is 1. The highest BCUT2D eigenvalue weighted by atomic mass is 16.4. The summed E-state index contributed by atoms with van der Waals surface area (Å²) in [6, 6.07) is 0.327. The molecule has 4 heteroatoms. The summed E-state index contributed by atoms with van der Waals surface area (Å²) in [6.45, 7) is 3.74. The van der Waals surface area contributed by atoms with Crippen LogP contribution in [0.1, 0.15) is 39.5 Å². The number of nitrogens with zero attached hydrogens (tertiary/aromatic N) is 1. The lowest BCUT2D eigenvalue weighted by Crippen LogP contribution is -2.37. The molecular weight excluding hydrogens is 218 g/mol. The summed E-state index contributed by atoms with van der Waals surface area (Å²) >= 11 is 0. The van der Waals surface area contributed by atoms with E-state index in [1.165, 1.54) is 12.8 Å². The molecule has 0 spiro atoms. The van der Waals surface area contributed by atoms with E-state index in [0.717, 1.165) is 12.8 Å². The van der Waals surface area contributed by atoms with Gasteiger partial charge in [0.25, 0.3) is 0 Å². The molecule has 17 heavy (non-hydrogen) atoms. The quantitative estimate of drug-likeness (QED) is 0.816. The first-order valence-corrected chi connectivity index (χ1v) is 6.37. The minimum atomic E-state index is -0.840. The zero-order valence-corrected chi connectivity index (χ0v) is 10.8. The maximum atomic E-state index is 12.3. The predicted molar refractivity (Wildman–Crippen MR) is 63.4 cm³/mol. The van der Waals surface area contributed by atoms with Crippen LogP contribution < -0.4 is 0 Å². The molecule has 2 saturated carbocycles. The molecule has 0 heterocycles. The number of amides is 1. The molecule has 0 bridgehead atoms. The second-order valence-corrected chi connectivity index (χ2v) is 6.00. The Morgan fingerprint density at radius 3 is 2.12 bits per heavy atom. The van der Waals surface area contributed by atoms with Crippen LogP contribution in [-0.2, 0) is 9.59 Å². The molecule has 0 aromatic rings. The summed E-state index contributed by atoms with van der Waals surface area (Å²) in [5.41, 5.74) is -0.379. The van der Waals surface area contributed by atoms with Crippen LogP contribution >= 0.6 is 0 Å². The topological polar surface area (TPSA) is 57.6 Å². The van der Waals surface area contributed by atoms with Crippen LogP contribution in [-0.4, -0.2) is 35.0 Å². The fraction of sp³-hybridized carbons (Fsp3) is 0.846. The Kier molecular flexibility index (Phi) is 2.92. The van der Waals surface area contributed by atoms with Crippen LogP contribution in [0.25, 0.3) is 0 Å². The number of hydrogen-bond donors (Lipinski definition) is 1. The highest BCUT2D eigenvalue weighted by molar-refractivity contribution is 5.91.